The summed E-state index contributed by atoms with van der Waals surface area (Å²) in [4.78, 5) is 0. The van der Waals surface area contributed by atoms with E-state index in [0.29, 0.717) is 13.2 Å². The molecule has 3 nitrogen and oxygen atoms in total. The molecule has 3 heteroatoms. The highest BCUT2D eigenvalue weighted by molar-refractivity contribution is 5.38. The van der Waals surface area contributed by atoms with Crippen LogP contribution < -0.4 is 4.74 Å². The summed E-state index contributed by atoms with van der Waals surface area (Å²) in [5.41, 5.74) is 1.93. The first-order valence-corrected chi connectivity index (χ1v) is 5.05. The molecule has 1 atom stereocenters. The molecule has 0 aliphatic heterocycles. The van der Waals surface area contributed by atoms with Gasteiger partial charge in [0.1, 0.15) is 12.4 Å². The van der Waals surface area contributed by atoms with E-state index in [1.807, 2.05) is 25.1 Å². The van der Waals surface area contributed by atoms with E-state index in [0.717, 1.165) is 16.9 Å². The number of aliphatic hydroxyl groups excluding tert-OH is 1. The van der Waals surface area contributed by atoms with Crippen molar-refractivity contribution in [2.24, 2.45) is 0 Å². The van der Waals surface area contributed by atoms with Crippen molar-refractivity contribution in [3.8, 4) is 5.75 Å². The van der Waals surface area contributed by atoms with E-state index in [1.165, 1.54) is 0 Å². The summed E-state index contributed by atoms with van der Waals surface area (Å²) in [6.07, 6.45) is -0.511. The Morgan fingerprint density at radius 2 is 2.07 bits per heavy atom. The Balaban J connectivity index is 2.77. The minimum absolute atomic E-state index is 0.500. The van der Waals surface area contributed by atoms with E-state index >= 15 is 0 Å². The van der Waals surface area contributed by atoms with Crippen molar-refractivity contribution < 1.29 is 14.6 Å². The number of aliphatic hydroxyl groups is 1. The SMILES string of the molecule is COCCOc1cc(C)ccc1C(C)O. The largest absolute Gasteiger partial charge is 0.491 e. The lowest BCUT2D eigenvalue weighted by molar-refractivity contribution is 0.141. The smallest absolute Gasteiger partial charge is 0.125 e. The molecule has 0 spiro atoms. The summed E-state index contributed by atoms with van der Waals surface area (Å²) in [6, 6.07) is 5.78. The summed E-state index contributed by atoms with van der Waals surface area (Å²) in [5, 5.41) is 9.54. The van der Waals surface area contributed by atoms with Crippen molar-refractivity contribution in [3.63, 3.8) is 0 Å². The third-order valence-corrected chi connectivity index (χ3v) is 2.16. The van der Waals surface area contributed by atoms with E-state index < -0.39 is 6.10 Å². The maximum absolute atomic E-state index is 9.54. The van der Waals surface area contributed by atoms with Crippen molar-refractivity contribution in [2.45, 2.75) is 20.0 Å². The Kier molecular flexibility index (Phi) is 4.59. The number of rotatable bonds is 5. The van der Waals surface area contributed by atoms with Crippen LogP contribution in [0.1, 0.15) is 24.2 Å². The van der Waals surface area contributed by atoms with Crippen LogP contribution in [0.2, 0.25) is 0 Å². The fourth-order valence-corrected chi connectivity index (χ4v) is 1.35. The molecule has 1 N–H and O–H groups in total. The van der Waals surface area contributed by atoms with Gasteiger partial charge in [-0.05, 0) is 25.5 Å². The van der Waals surface area contributed by atoms with Gasteiger partial charge in [-0.15, -0.1) is 0 Å². The Hall–Kier alpha value is -1.06. The Bertz CT molecular complexity index is 308. The molecule has 0 fully saturated rings. The highest BCUT2D eigenvalue weighted by atomic mass is 16.5. The zero-order chi connectivity index (χ0) is 11.3. The number of methoxy groups -OCH3 is 1. The van der Waals surface area contributed by atoms with Crippen LogP contribution in [0, 0.1) is 6.92 Å². The van der Waals surface area contributed by atoms with Gasteiger partial charge in [0.05, 0.1) is 12.7 Å². The number of benzene rings is 1. The second-order valence-electron chi connectivity index (χ2n) is 3.56. The van der Waals surface area contributed by atoms with Gasteiger partial charge >= 0.3 is 0 Å². The third kappa shape index (κ3) is 3.53. The first-order chi connectivity index (χ1) is 7.15. The molecular formula is C12H18O3. The molecule has 0 bridgehead atoms. The van der Waals surface area contributed by atoms with Crippen molar-refractivity contribution >= 4 is 0 Å². The number of hydrogen-bond donors (Lipinski definition) is 1. The van der Waals surface area contributed by atoms with E-state index in [2.05, 4.69) is 0 Å². The van der Waals surface area contributed by atoms with Crippen LogP contribution >= 0.6 is 0 Å². The lowest BCUT2D eigenvalue weighted by Gasteiger charge is -2.13. The number of ether oxygens (including phenoxy) is 2. The molecular weight excluding hydrogens is 192 g/mol. The van der Waals surface area contributed by atoms with E-state index in [1.54, 1.807) is 14.0 Å². The fraction of sp³-hybridized carbons (Fsp3) is 0.500. The molecule has 0 amide bonds. The van der Waals surface area contributed by atoms with Crippen LogP contribution in [0.25, 0.3) is 0 Å². The summed E-state index contributed by atoms with van der Waals surface area (Å²) in [7, 11) is 1.63. The molecule has 1 rings (SSSR count). The minimum atomic E-state index is -0.511. The topological polar surface area (TPSA) is 38.7 Å². The average molecular weight is 210 g/mol. The molecule has 84 valence electrons. The molecule has 1 aromatic carbocycles. The Labute approximate surface area is 90.6 Å². The summed E-state index contributed by atoms with van der Waals surface area (Å²) in [5.74, 6) is 0.738. The molecule has 0 saturated carbocycles. The van der Waals surface area contributed by atoms with Gasteiger partial charge in [-0.2, -0.15) is 0 Å². The molecule has 0 heterocycles. The predicted octanol–water partition coefficient (Wildman–Crippen LogP) is 2.07. The predicted molar refractivity (Wildman–Crippen MR) is 59.2 cm³/mol. The first-order valence-electron chi connectivity index (χ1n) is 5.05. The molecule has 15 heavy (non-hydrogen) atoms. The molecule has 1 aromatic rings. The standard InChI is InChI=1S/C12H18O3/c1-9-4-5-11(10(2)13)12(8-9)15-7-6-14-3/h4-5,8,10,13H,6-7H2,1-3H3. The van der Waals surface area contributed by atoms with Crippen LogP contribution in [-0.4, -0.2) is 25.4 Å². The molecule has 0 aliphatic rings. The van der Waals surface area contributed by atoms with Crippen LogP contribution in [0.4, 0.5) is 0 Å². The van der Waals surface area contributed by atoms with Gasteiger partial charge in [0.25, 0.3) is 0 Å². The third-order valence-electron chi connectivity index (χ3n) is 2.16. The number of hydrogen-bond acceptors (Lipinski definition) is 3. The van der Waals surface area contributed by atoms with Crippen molar-refractivity contribution in [2.75, 3.05) is 20.3 Å². The van der Waals surface area contributed by atoms with Crippen LogP contribution in [0.3, 0.4) is 0 Å². The Morgan fingerprint density at radius 1 is 1.33 bits per heavy atom. The zero-order valence-electron chi connectivity index (χ0n) is 9.49. The zero-order valence-corrected chi connectivity index (χ0v) is 9.49. The second-order valence-corrected chi connectivity index (χ2v) is 3.56. The van der Waals surface area contributed by atoms with Crippen LogP contribution in [0.5, 0.6) is 5.75 Å². The van der Waals surface area contributed by atoms with Gasteiger partial charge in [0.2, 0.25) is 0 Å². The highest BCUT2D eigenvalue weighted by Crippen LogP contribution is 2.26. The van der Waals surface area contributed by atoms with Gasteiger partial charge in [-0.25, -0.2) is 0 Å². The van der Waals surface area contributed by atoms with E-state index in [9.17, 15) is 5.11 Å². The van der Waals surface area contributed by atoms with Gasteiger partial charge in [-0.1, -0.05) is 12.1 Å². The quantitative estimate of drug-likeness (QED) is 0.756. The summed E-state index contributed by atoms with van der Waals surface area (Å²) in [6.45, 7) is 4.77. The molecule has 0 aliphatic carbocycles. The monoisotopic (exact) mass is 210 g/mol. The maximum atomic E-state index is 9.54. The maximum Gasteiger partial charge on any atom is 0.125 e. The van der Waals surface area contributed by atoms with Crippen molar-refractivity contribution in [1.82, 2.24) is 0 Å². The van der Waals surface area contributed by atoms with Gasteiger partial charge in [-0.3, -0.25) is 0 Å². The van der Waals surface area contributed by atoms with Crippen LogP contribution in [0.15, 0.2) is 18.2 Å². The number of aryl methyl sites for hydroxylation is 1. The highest BCUT2D eigenvalue weighted by Gasteiger charge is 2.08. The van der Waals surface area contributed by atoms with Gasteiger partial charge in [0.15, 0.2) is 0 Å². The lowest BCUT2D eigenvalue weighted by Crippen LogP contribution is -2.07. The molecule has 0 radical (unpaired) electrons. The fourth-order valence-electron chi connectivity index (χ4n) is 1.35. The summed E-state index contributed by atoms with van der Waals surface area (Å²) >= 11 is 0. The lowest BCUT2D eigenvalue weighted by atomic mass is 10.1. The minimum Gasteiger partial charge on any atom is -0.491 e. The normalized spacial score (nSPS) is 12.5. The molecule has 1 unspecified atom stereocenters. The van der Waals surface area contributed by atoms with Crippen LogP contribution in [-0.2, 0) is 4.74 Å². The Morgan fingerprint density at radius 3 is 2.67 bits per heavy atom. The van der Waals surface area contributed by atoms with Gasteiger partial charge < -0.3 is 14.6 Å². The van der Waals surface area contributed by atoms with Crippen molar-refractivity contribution in [3.05, 3.63) is 29.3 Å². The van der Waals surface area contributed by atoms with Crippen molar-refractivity contribution in [1.29, 1.82) is 0 Å². The van der Waals surface area contributed by atoms with Gasteiger partial charge in [0, 0.05) is 12.7 Å². The molecule has 0 aromatic heterocycles. The summed E-state index contributed by atoms with van der Waals surface area (Å²) < 4.78 is 10.4. The average Bonchev–Trinajstić information content (AvgIpc) is 2.18. The van der Waals surface area contributed by atoms with E-state index in [-0.39, 0.29) is 0 Å². The first kappa shape index (κ1) is 12.0. The second kappa shape index (κ2) is 5.73. The molecule has 0 saturated heterocycles. The van der Waals surface area contributed by atoms with E-state index in [4.69, 9.17) is 9.47 Å².